The fourth-order valence-electron chi connectivity index (χ4n) is 3.65. The molecule has 164 valence electrons. The summed E-state index contributed by atoms with van der Waals surface area (Å²) in [6, 6.07) is 3.94. The van der Waals surface area contributed by atoms with Crippen molar-refractivity contribution in [3.05, 3.63) is 63.0 Å². The van der Waals surface area contributed by atoms with Crippen LogP contribution in [-0.2, 0) is 17.5 Å². The third-order valence-electron chi connectivity index (χ3n) is 5.22. The molecule has 11 heteroatoms. The second kappa shape index (κ2) is 7.77. The van der Waals surface area contributed by atoms with Crippen molar-refractivity contribution >= 4 is 27.4 Å². The molecule has 1 aromatic carbocycles. The van der Waals surface area contributed by atoms with Crippen molar-refractivity contribution in [1.82, 2.24) is 13.9 Å². The number of halogens is 6. The molecule has 0 saturated carbocycles. The molecule has 1 unspecified atom stereocenters. The largest absolute Gasteiger partial charge is 0.419 e. The van der Waals surface area contributed by atoms with Gasteiger partial charge in [-0.05, 0) is 46.1 Å². The molecule has 0 N–H and O–H groups in total. The zero-order valence-corrected chi connectivity index (χ0v) is 17.4. The smallest absolute Gasteiger partial charge is 0.338 e. The highest BCUT2D eigenvalue weighted by molar-refractivity contribution is 9.10. The third-order valence-corrected chi connectivity index (χ3v) is 5.83. The van der Waals surface area contributed by atoms with Crippen LogP contribution in [0.25, 0.3) is 16.6 Å². The Kier molecular flexibility index (Phi) is 5.40. The highest BCUT2D eigenvalue weighted by atomic mass is 79.9. The van der Waals surface area contributed by atoms with Crippen LogP contribution in [0.15, 0.2) is 46.1 Å². The molecule has 5 nitrogen and oxygen atoms in total. The number of likely N-dealkylation sites (tertiary alicyclic amines) is 1. The number of carbonyl (C=O) groups excluding carboxylic acids is 1. The van der Waals surface area contributed by atoms with Crippen LogP contribution >= 0.6 is 15.9 Å². The normalized spacial score (nSPS) is 17.0. The minimum atomic E-state index is -4.90. The van der Waals surface area contributed by atoms with Gasteiger partial charge in [-0.2, -0.15) is 13.2 Å². The Morgan fingerprint density at radius 1 is 1.19 bits per heavy atom. The molecular formula is C20H15BrF5N3O2. The number of carbonyl (C=O) groups is 1. The summed E-state index contributed by atoms with van der Waals surface area (Å²) in [4.78, 5) is 26.8. The van der Waals surface area contributed by atoms with Crippen molar-refractivity contribution in [2.75, 3.05) is 13.1 Å². The zero-order chi connectivity index (χ0) is 22.5. The van der Waals surface area contributed by atoms with Crippen molar-refractivity contribution in [2.45, 2.75) is 25.3 Å². The van der Waals surface area contributed by atoms with E-state index in [-0.39, 0.29) is 42.7 Å². The van der Waals surface area contributed by atoms with E-state index in [2.05, 4.69) is 15.9 Å². The summed E-state index contributed by atoms with van der Waals surface area (Å²) in [6.45, 7) is -0.107. The molecule has 1 aliphatic heterocycles. The van der Waals surface area contributed by atoms with Gasteiger partial charge >= 0.3 is 6.18 Å². The van der Waals surface area contributed by atoms with Gasteiger partial charge in [-0.15, -0.1) is 0 Å². The van der Waals surface area contributed by atoms with Crippen molar-refractivity contribution < 1.29 is 26.7 Å². The number of amides is 1. The lowest BCUT2D eigenvalue weighted by Crippen LogP contribution is -2.35. The standard InChI is InChI=1S/C20H15BrF5N3O2/c21-16-8-13(11-1-2-15(23)14(7-11)20(24,25)26)18-19(31)28(5-6-29(16)18)10-17(30)27-4-3-12(22)9-27/h1-2,5-8,12H,3-4,9-10H2. The summed E-state index contributed by atoms with van der Waals surface area (Å²) in [5.41, 5.74) is -1.90. The Balaban J connectivity index is 1.79. The number of hydrogen-bond acceptors (Lipinski definition) is 2. The summed E-state index contributed by atoms with van der Waals surface area (Å²) >= 11 is 3.26. The Hall–Kier alpha value is -2.69. The average Bonchev–Trinajstić information content (AvgIpc) is 3.27. The first-order valence-corrected chi connectivity index (χ1v) is 10.0. The molecule has 3 aromatic rings. The monoisotopic (exact) mass is 503 g/mol. The minimum Gasteiger partial charge on any atom is -0.338 e. The predicted molar refractivity (Wildman–Crippen MR) is 106 cm³/mol. The van der Waals surface area contributed by atoms with E-state index in [9.17, 15) is 31.5 Å². The van der Waals surface area contributed by atoms with Crippen molar-refractivity contribution in [3.8, 4) is 11.1 Å². The molecule has 1 amide bonds. The molecule has 3 heterocycles. The van der Waals surface area contributed by atoms with Crippen molar-refractivity contribution in [3.63, 3.8) is 0 Å². The predicted octanol–water partition coefficient (Wildman–Crippen LogP) is 4.26. The maximum Gasteiger partial charge on any atom is 0.419 e. The quantitative estimate of drug-likeness (QED) is 0.501. The van der Waals surface area contributed by atoms with Crippen LogP contribution in [0.2, 0.25) is 0 Å². The summed E-state index contributed by atoms with van der Waals surface area (Å²) in [5.74, 6) is -1.85. The van der Waals surface area contributed by atoms with Gasteiger partial charge in [-0.25, -0.2) is 8.78 Å². The lowest BCUT2D eigenvalue weighted by atomic mass is 10.0. The molecule has 0 bridgehead atoms. The summed E-state index contributed by atoms with van der Waals surface area (Å²) in [7, 11) is 0. The number of fused-ring (bicyclic) bond motifs is 1. The number of alkyl halides is 4. The lowest BCUT2D eigenvalue weighted by molar-refractivity contribution is -0.140. The van der Waals surface area contributed by atoms with Gasteiger partial charge in [0.1, 0.15) is 24.1 Å². The van der Waals surface area contributed by atoms with E-state index < -0.39 is 35.2 Å². The first-order valence-electron chi connectivity index (χ1n) is 9.25. The van der Waals surface area contributed by atoms with Crippen LogP contribution in [0.3, 0.4) is 0 Å². The number of rotatable bonds is 3. The van der Waals surface area contributed by atoms with Crippen LogP contribution in [-0.4, -0.2) is 39.0 Å². The topological polar surface area (TPSA) is 46.7 Å². The molecule has 0 spiro atoms. The molecule has 1 atom stereocenters. The highest BCUT2D eigenvalue weighted by Gasteiger charge is 2.34. The van der Waals surface area contributed by atoms with E-state index in [4.69, 9.17) is 0 Å². The second-order valence-electron chi connectivity index (χ2n) is 7.25. The van der Waals surface area contributed by atoms with Crippen LogP contribution in [0.1, 0.15) is 12.0 Å². The van der Waals surface area contributed by atoms with Gasteiger partial charge in [0.15, 0.2) is 0 Å². The Morgan fingerprint density at radius 2 is 1.94 bits per heavy atom. The highest BCUT2D eigenvalue weighted by Crippen LogP contribution is 2.36. The molecular weight excluding hydrogens is 489 g/mol. The maximum atomic E-state index is 13.7. The fraction of sp³-hybridized carbons (Fsp3) is 0.300. The van der Waals surface area contributed by atoms with Gasteiger partial charge in [0.05, 0.1) is 16.7 Å². The first-order chi connectivity index (χ1) is 14.6. The van der Waals surface area contributed by atoms with Crippen LogP contribution in [0.4, 0.5) is 22.0 Å². The zero-order valence-electron chi connectivity index (χ0n) is 15.8. The lowest BCUT2D eigenvalue weighted by Gasteiger charge is -2.16. The summed E-state index contributed by atoms with van der Waals surface area (Å²) in [6.07, 6.45) is -2.91. The van der Waals surface area contributed by atoms with Crippen LogP contribution in [0, 0.1) is 5.82 Å². The van der Waals surface area contributed by atoms with E-state index in [1.807, 2.05) is 0 Å². The van der Waals surface area contributed by atoms with Crippen molar-refractivity contribution in [2.24, 2.45) is 0 Å². The van der Waals surface area contributed by atoms with E-state index in [0.29, 0.717) is 16.7 Å². The van der Waals surface area contributed by atoms with Crippen LogP contribution < -0.4 is 5.56 Å². The molecule has 1 fully saturated rings. The SMILES string of the molecule is O=C(Cn1ccn2c(Br)cc(-c3ccc(F)c(C(F)(F)F)c3)c2c1=O)N1CCC(F)C1. The molecule has 0 radical (unpaired) electrons. The van der Waals surface area contributed by atoms with E-state index >= 15 is 0 Å². The number of aromatic nitrogens is 2. The van der Waals surface area contributed by atoms with Gasteiger partial charge < -0.3 is 13.9 Å². The summed E-state index contributed by atoms with van der Waals surface area (Å²) in [5, 5.41) is 0. The van der Waals surface area contributed by atoms with Gasteiger partial charge in [0.25, 0.3) is 5.56 Å². The van der Waals surface area contributed by atoms with E-state index in [1.165, 1.54) is 27.8 Å². The number of nitrogens with zero attached hydrogens (tertiary/aromatic N) is 3. The fourth-order valence-corrected chi connectivity index (χ4v) is 4.18. The van der Waals surface area contributed by atoms with E-state index in [0.717, 1.165) is 10.6 Å². The molecule has 1 saturated heterocycles. The van der Waals surface area contributed by atoms with Gasteiger partial charge in [0.2, 0.25) is 5.91 Å². The van der Waals surface area contributed by atoms with E-state index in [1.54, 1.807) is 0 Å². The van der Waals surface area contributed by atoms with Crippen LogP contribution in [0.5, 0.6) is 0 Å². The molecule has 4 rings (SSSR count). The molecule has 1 aliphatic rings. The molecule has 0 aliphatic carbocycles. The van der Waals surface area contributed by atoms with Gasteiger partial charge in [0, 0.05) is 24.5 Å². The summed E-state index contributed by atoms with van der Waals surface area (Å²) < 4.78 is 69.4. The van der Waals surface area contributed by atoms with Gasteiger partial charge in [-0.3, -0.25) is 9.59 Å². The first kappa shape index (κ1) is 21.5. The Labute approximate surface area is 180 Å². The van der Waals surface area contributed by atoms with Gasteiger partial charge in [-0.1, -0.05) is 6.07 Å². The maximum absolute atomic E-state index is 13.7. The van der Waals surface area contributed by atoms with Crippen molar-refractivity contribution in [1.29, 1.82) is 0 Å². The average molecular weight is 504 g/mol. The Bertz CT molecular complexity index is 1230. The Morgan fingerprint density at radius 3 is 2.58 bits per heavy atom. The molecule has 31 heavy (non-hydrogen) atoms. The number of benzene rings is 1. The second-order valence-corrected chi connectivity index (χ2v) is 8.06. The minimum absolute atomic E-state index is 0.00193. The number of hydrogen-bond donors (Lipinski definition) is 0. The third kappa shape index (κ3) is 3.98. The molecule has 2 aromatic heterocycles.